The third-order valence-corrected chi connectivity index (χ3v) is 4.35. The summed E-state index contributed by atoms with van der Waals surface area (Å²) in [4.78, 5) is 22.6. The Kier molecular flexibility index (Phi) is 5.62. The van der Waals surface area contributed by atoms with Crippen molar-refractivity contribution < 1.29 is 14.3 Å². The van der Waals surface area contributed by atoms with Crippen LogP contribution in [-0.4, -0.2) is 12.4 Å². The predicted octanol–water partition coefficient (Wildman–Crippen LogP) is 3.97. The molecule has 128 valence electrons. The van der Waals surface area contributed by atoms with Gasteiger partial charge in [0, 0.05) is 12.8 Å². The summed E-state index contributed by atoms with van der Waals surface area (Å²) < 4.78 is 4.92. The molecule has 0 heterocycles. The van der Waals surface area contributed by atoms with Crippen molar-refractivity contribution in [1.82, 2.24) is 5.32 Å². The predicted molar refractivity (Wildman–Crippen MR) is 96.4 cm³/mol. The van der Waals surface area contributed by atoms with E-state index in [1.54, 1.807) is 0 Å². The van der Waals surface area contributed by atoms with Crippen molar-refractivity contribution in [3.8, 4) is 11.1 Å². The molecule has 2 aromatic carbocycles. The van der Waals surface area contributed by atoms with Crippen LogP contribution in [0.4, 0.5) is 0 Å². The lowest BCUT2D eigenvalue weighted by atomic mass is 10.0. The van der Waals surface area contributed by atoms with Gasteiger partial charge in [-0.05, 0) is 36.0 Å². The maximum absolute atomic E-state index is 12.1. The first kappa shape index (κ1) is 17.0. The van der Waals surface area contributed by atoms with Crippen molar-refractivity contribution in [1.29, 1.82) is 0 Å². The summed E-state index contributed by atoms with van der Waals surface area (Å²) >= 11 is 0. The quantitative estimate of drug-likeness (QED) is 0.779. The smallest absolute Gasteiger partial charge is 0.298 e. The molecule has 1 aliphatic carbocycles. The highest BCUT2D eigenvalue weighted by Gasteiger charge is 2.18. The van der Waals surface area contributed by atoms with Gasteiger partial charge in [-0.2, -0.15) is 0 Å². The molecule has 0 saturated carbocycles. The number of hydrogen-bond donors (Lipinski definition) is 1. The monoisotopic (exact) mass is 335 g/mol. The van der Waals surface area contributed by atoms with E-state index in [0.29, 0.717) is 31.5 Å². The molecule has 2 aromatic rings. The Bertz CT molecular complexity index is 763. The van der Waals surface area contributed by atoms with Crippen molar-refractivity contribution >= 4 is 12.4 Å². The van der Waals surface area contributed by atoms with Gasteiger partial charge in [-0.25, -0.2) is 0 Å². The van der Waals surface area contributed by atoms with Crippen LogP contribution in [0.3, 0.4) is 0 Å². The second-order valence-electron chi connectivity index (χ2n) is 6.08. The number of rotatable bonds is 7. The van der Waals surface area contributed by atoms with E-state index < -0.39 is 0 Å². The van der Waals surface area contributed by atoms with Gasteiger partial charge < -0.3 is 10.1 Å². The summed E-state index contributed by atoms with van der Waals surface area (Å²) in [5.74, 6) is 0.548. The summed E-state index contributed by atoms with van der Waals surface area (Å²) in [5.41, 5.74) is 4.22. The number of ether oxygens (including phenoxy) is 1. The average Bonchev–Trinajstić information content (AvgIpc) is 3.08. The Morgan fingerprint density at radius 3 is 2.44 bits per heavy atom. The van der Waals surface area contributed by atoms with E-state index in [4.69, 9.17) is 4.74 Å². The lowest BCUT2D eigenvalue weighted by Crippen LogP contribution is -2.23. The van der Waals surface area contributed by atoms with Gasteiger partial charge >= 0.3 is 0 Å². The number of amides is 1. The normalized spacial score (nSPS) is 13.6. The summed E-state index contributed by atoms with van der Waals surface area (Å²) in [6.45, 7) is 0.418. The maximum Gasteiger partial charge on any atom is 0.298 e. The van der Waals surface area contributed by atoms with Crippen LogP contribution in [0.5, 0.6) is 0 Å². The summed E-state index contributed by atoms with van der Waals surface area (Å²) in [5, 5.41) is 2.88. The zero-order chi connectivity index (χ0) is 17.5. The number of carbonyl (C=O) groups excluding carboxylic acids is 2. The Morgan fingerprint density at radius 1 is 1.00 bits per heavy atom. The van der Waals surface area contributed by atoms with Gasteiger partial charge in [0.15, 0.2) is 0 Å². The highest BCUT2D eigenvalue weighted by Crippen LogP contribution is 2.24. The van der Waals surface area contributed by atoms with Crippen LogP contribution < -0.4 is 5.32 Å². The Labute approximate surface area is 147 Å². The molecule has 0 aliphatic heterocycles. The molecule has 0 atom stereocenters. The molecule has 1 aliphatic rings. The molecule has 0 fully saturated rings. The molecule has 1 amide bonds. The maximum atomic E-state index is 12.1. The molecule has 0 radical (unpaired) electrons. The molecular weight excluding hydrogens is 314 g/mol. The number of carbonyl (C=O) groups is 2. The van der Waals surface area contributed by atoms with Gasteiger partial charge in [0.1, 0.15) is 5.76 Å². The van der Waals surface area contributed by atoms with Crippen LogP contribution in [0.2, 0.25) is 0 Å². The molecule has 0 bridgehead atoms. The van der Waals surface area contributed by atoms with Gasteiger partial charge in [-0.1, -0.05) is 54.6 Å². The van der Waals surface area contributed by atoms with Crippen LogP contribution in [0.1, 0.15) is 31.2 Å². The SMILES string of the molecule is O=COC1=C(NC(=O)CCc2ccc(-c3ccccc3)cc2)CCC1. The average molecular weight is 335 g/mol. The van der Waals surface area contributed by atoms with Gasteiger partial charge in [0.2, 0.25) is 5.91 Å². The number of hydrogen-bond acceptors (Lipinski definition) is 3. The van der Waals surface area contributed by atoms with Crippen molar-refractivity contribution in [3.63, 3.8) is 0 Å². The zero-order valence-corrected chi connectivity index (χ0v) is 14.0. The van der Waals surface area contributed by atoms with Crippen LogP contribution in [0.25, 0.3) is 11.1 Å². The van der Waals surface area contributed by atoms with Crippen molar-refractivity contribution in [2.75, 3.05) is 0 Å². The molecule has 0 spiro atoms. The Morgan fingerprint density at radius 2 is 1.72 bits per heavy atom. The van der Waals surface area contributed by atoms with E-state index in [9.17, 15) is 9.59 Å². The fourth-order valence-corrected chi connectivity index (χ4v) is 3.02. The molecular formula is C21H21NO3. The fraction of sp³-hybridized carbons (Fsp3) is 0.238. The summed E-state index contributed by atoms with van der Waals surface area (Å²) in [7, 11) is 0. The van der Waals surface area contributed by atoms with Crippen LogP contribution in [0.15, 0.2) is 66.1 Å². The first-order chi connectivity index (χ1) is 12.3. The van der Waals surface area contributed by atoms with E-state index in [-0.39, 0.29) is 5.91 Å². The van der Waals surface area contributed by atoms with Crippen LogP contribution in [-0.2, 0) is 20.7 Å². The van der Waals surface area contributed by atoms with Gasteiger partial charge in [0.25, 0.3) is 6.47 Å². The second-order valence-corrected chi connectivity index (χ2v) is 6.08. The van der Waals surface area contributed by atoms with E-state index in [1.165, 1.54) is 11.1 Å². The van der Waals surface area contributed by atoms with Gasteiger partial charge in [0.05, 0.1) is 5.70 Å². The molecule has 25 heavy (non-hydrogen) atoms. The molecule has 4 nitrogen and oxygen atoms in total. The lowest BCUT2D eigenvalue weighted by Gasteiger charge is -2.08. The van der Waals surface area contributed by atoms with E-state index in [2.05, 4.69) is 41.7 Å². The molecule has 3 rings (SSSR count). The van der Waals surface area contributed by atoms with Gasteiger partial charge in [-0.15, -0.1) is 0 Å². The minimum Gasteiger partial charge on any atom is -0.431 e. The van der Waals surface area contributed by atoms with E-state index in [1.807, 2.05) is 18.2 Å². The first-order valence-electron chi connectivity index (χ1n) is 8.53. The highest BCUT2D eigenvalue weighted by molar-refractivity contribution is 5.78. The largest absolute Gasteiger partial charge is 0.431 e. The molecule has 1 N–H and O–H groups in total. The third-order valence-electron chi connectivity index (χ3n) is 4.35. The summed E-state index contributed by atoms with van der Waals surface area (Å²) in [6.07, 6.45) is 3.44. The minimum atomic E-state index is -0.0453. The Hall–Kier alpha value is -2.88. The number of benzene rings is 2. The lowest BCUT2D eigenvalue weighted by molar-refractivity contribution is -0.125. The standard InChI is InChI=1S/C21H21NO3/c23-15-25-20-8-4-7-19(20)22-21(24)14-11-16-9-12-18(13-10-16)17-5-2-1-3-6-17/h1-3,5-6,9-10,12-13,15H,4,7-8,11,14H2,(H,22,24). The van der Waals surface area contributed by atoms with E-state index >= 15 is 0 Å². The Balaban J connectivity index is 1.54. The fourth-order valence-electron chi connectivity index (χ4n) is 3.02. The molecule has 0 aromatic heterocycles. The molecule has 4 heteroatoms. The van der Waals surface area contributed by atoms with Crippen molar-refractivity contribution in [2.45, 2.75) is 32.1 Å². The van der Waals surface area contributed by atoms with Crippen molar-refractivity contribution in [2.24, 2.45) is 0 Å². The minimum absolute atomic E-state index is 0.0453. The number of allylic oxidation sites excluding steroid dienone is 2. The zero-order valence-electron chi connectivity index (χ0n) is 14.0. The van der Waals surface area contributed by atoms with Crippen molar-refractivity contribution in [3.05, 3.63) is 71.6 Å². The first-order valence-corrected chi connectivity index (χ1v) is 8.53. The van der Waals surface area contributed by atoms with E-state index in [0.717, 1.165) is 24.1 Å². The topological polar surface area (TPSA) is 55.4 Å². The van der Waals surface area contributed by atoms with Gasteiger partial charge in [-0.3, -0.25) is 9.59 Å². The molecule has 0 saturated heterocycles. The number of nitrogens with one attached hydrogen (secondary N) is 1. The van der Waals surface area contributed by atoms with Crippen LogP contribution in [0, 0.1) is 0 Å². The van der Waals surface area contributed by atoms with Crippen LogP contribution >= 0.6 is 0 Å². The summed E-state index contributed by atoms with van der Waals surface area (Å²) in [6, 6.07) is 18.5. The molecule has 0 unspecified atom stereocenters. The second kappa shape index (κ2) is 8.29. The highest BCUT2D eigenvalue weighted by atomic mass is 16.5. The third kappa shape index (κ3) is 4.57. The number of aryl methyl sites for hydroxylation is 1.